The van der Waals surface area contributed by atoms with Crippen LogP contribution >= 0.6 is 0 Å². The first kappa shape index (κ1) is 31.0. The maximum Gasteiger partial charge on any atom is 0.410 e. The Morgan fingerprint density at radius 3 is 2.50 bits per heavy atom. The van der Waals surface area contributed by atoms with Gasteiger partial charge in [0.15, 0.2) is 0 Å². The van der Waals surface area contributed by atoms with Crippen molar-refractivity contribution in [3.05, 3.63) is 65.5 Å². The molecular weight excluding hydrogens is 558 g/mol. The molecule has 2 amide bonds. The van der Waals surface area contributed by atoms with Crippen LogP contribution in [0.5, 0.6) is 0 Å². The normalized spacial score (nSPS) is 16.7. The zero-order valence-electron chi connectivity index (χ0n) is 25.4. The molecule has 232 valence electrons. The predicted octanol–water partition coefficient (Wildman–Crippen LogP) is 5.27. The number of aromatic nitrogens is 2. The second-order valence-electron chi connectivity index (χ2n) is 11.9. The Hall–Kier alpha value is -4.39. The lowest BCUT2D eigenvalue weighted by molar-refractivity contribution is -0.159. The van der Waals surface area contributed by atoms with Crippen molar-refractivity contribution in [3.63, 3.8) is 0 Å². The highest BCUT2D eigenvalue weighted by atomic mass is 16.6. The van der Waals surface area contributed by atoms with Crippen molar-refractivity contribution in [3.8, 4) is 6.07 Å². The highest BCUT2D eigenvalue weighted by Gasteiger charge is 2.44. The Balaban J connectivity index is 1.30. The van der Waals surface area contributed by atoms with Gasteiger partial charge in [-0.05, 0) is 62.8 Å². The number of fused-ring (bicyclic) bond motifs is 1. The molecule has 0 bridgehead atoms. The van der Waals surface area contributed by atoms with Crippen LogP contribution in [0.25, 0.3) is 11.0 Å². The van der Waals surface area contributed by atoms with Crippen molar-refractivity contribution in [2.45, 2.75) is 83.9 Å². The number of carbonyl (C=O) groups is 3. The zero-order chi connectivity index (χ0) is 30.9. The number of hydrogen-bond donors (Lipinski definition) is 1. The van der Waals surface area contributed by atoms with Gasteiger partial charge in [0.05, 0.1) is 34.7 Å². The number of amides is 2. The summed E-state index contributed by atoms with van der Waals surface area (Å²) in [5, 5.41) is 12.6. The van der Waals surface area contributed by atoms with Crippen LogP contribution in [0.15, 0.2) is 48.5 Å². The Kier molecular flexibility index (Phi) is 10.2. The van der Waals surface area contributed by atoms with E-state index in [0.717, 1.165) is 36.8 Å². The molecule has 10 nitrogen and oxygen atoms in total. The first-order valence-corrected chi connectivity index (χ1v) is 15.7. The quantitative estimate of drug-likeness (QED) is 0.315. The van der Waals surface area contributed by atoms with Gasteiger partial charge in [0.25, 0.3) is 0 Å². The molecule has 1 N–H and O–H groups in total. The molecule has 0 radical (unpaired) electrons. The summed E-state index contributed by atoms with van der Waals surface area (Å²) in [7, 11) is 0. The molecular formula is C34H41N5O5. The van der Waals surface area contributed by atoms with Gasteiger partial charge in [-0.15, -0.1) is 0 Å². The van der Waals surface area contributed by atoms with E-state index in [1.807, 2.05) is 41.0 Å². The fourth-order valence-electron chi connectivity index (χ4n) is 6.40. The third kappa shape index (κ3) is 7.39. The van der Waals surface area contributed by atoms with E-state index in [1.54, 1.807) is 24.0 Å². The van der Waals surface area contributed by atoms with Crippen molar-refractivity contribution in [2.75, 3.05) is 19.7 Å². The summed E-state index contributed by atoms with van der Waals surface area (Å²) in [5.41, 5.74) is 2.03. The van der Waals surface area contributed by atoms with Crippen molar-refractivity contribution < 1.29 is 23.9 Å². The number of benzene rings is 2. The summed E-state index contributed by atoms with van der Waals surface area (Å²) < 4.78 is 13.0. The van der Waals surface area contributed by atoms with E-state index in [2.05, 4.69) is 11.4 Å². The SMILES string of the molecule is CCOC(=O)C1(CCc2nc3cc(C#N)ccc3n2CC(=O)NC2CCCCC2)CCN(C(=O)OCc2ccccc2)CC1. The molecule has 1 aliphatic carbocycles. The zero-order valence-corrected chi connectivity index (χ0v) is 25.4. The van der Waals surface area contributed by atoms with Gasteiger partial charge in [0, 0.05) is 25.6 Å². The summed E-state index contributed by atoms with van der Waals surface area (Å²) in [6.45, 7) is 3.11. The number of esters is 1. The molecule has 1 saturated carbocycles. The average Bonchev–Trinajstić information content (AvgIpc) is 3.39. The van der Waals surface area contributed by atoms with E-state index < -0.39 is 11.5 Å². The number of aryl methyl sites for hydroxylation is 1. The van der Waals surface area contributed by atoms with Gasteiger partial charge in [0.2, 0.25) is 5.91 Å². The molecule has 1 saturated heterocycles. The van der Waals surface area contributed by atoms with E-state index >= 15 is 0 Å². The van der Waals surface area contributed by atoms with Gasteiger partial charge in [-0.25, -0.2) is 9.78 Å². The molecule has 0 unspecified atom stereocenters. The van der Waals surface area contributed by atoms with Crippen LogP contribution in [-0.2, 0) is 38.6 Å². The Labute approximate surface area is 258 Å². The van der Waals surface area contributed by atoms with E-state index in [0.29, 0.717) is 55.7 Å². The summed E-state index contributed by atoms with van der Waals surface area (Å²) >= 11 is 0. The molecule has 2 aliphatic rings. The number of rotatable bonds is 10. The maximum absolute atomic E-state index is 13.4. The summed E-state index contributed by atoms with van der Waals surface area (Å²) in [4.78, 5) is 45.8. The fourth-order valence-corrected chi connectivity index (χ4v) is 6.40. The van der Waals surface area contributed by atoms with Crippen LogP contribution < -0.4 is 5.32 Å². The number of imidazole rings is 1. The van der Waals surface area contributed by atoms with Crippen LogP contribution in [0.3, 0.4) is 0 Å². The number of nitrogens with one attached hydrogen (secondary N) is 1. The molecule has 10 heteroatoms. The third-order valence-corrected chi connectivity index (χ3v) is 8.95. The number of piperidine rings is 1. The van der Waals surface area contributed by atoms with Crippen LogP contribution in [0, 0.1) is 16.7 Å². The first-order valence-electron chi connectivity index (χ1n) is 15.7. The molecule has 1 aromatic heterocycles. The van der Waals surface area contributed by atoms with E-state index in [9.17, 15) is 19.6 Å². The van der Waals surface area contributed by atoms with Crippen LogP contribution in [0.2, 0.25) is 0 Å². The summed E-state index contributed by atoms with van der Waals surface area (Å²) in [6.07, 6.45) is 6.81. The number of nitriles is 1. The van der Waals surface area contributed by atoms with Gasteiger partial charge < -0.3 is 24.3 Å². The lowest BCUT2D eigenvalue weighted by atomic mass is 9.74. The minimum Gasteiger partial charge on any atom is -0.466 e. The minimum absolute atomic E-state index is 0.0655. The van der Waals surface area contributed by atoms with Gasteiger partial charge in [-0.3, -0.25) is 9.59 Å². The summed E-state index contributed by atoms with van der Waals surface area (Å²) in [5.74, 6) is 0.341. The molecule has 1 aliphatic heterocycles. The smallest absolute Gasteiger partial charge is 0.410 e. The van der Waals surface area contributed by atoms with Gasteiger partial charge in [-0.2, -0.15) is 5.26 Å². The van der Waals surface area contributed by atoms with Crippen molar-refractivity contribution in [1.82, 2.24) is 19.8 Å². The second kappa shape index (κ2) is 14.4. The van der Waals surface area contributed by atoms with Crippen molar-refractivity contribution in [1.29, 1.82) is 5.26 Å². The molecule has 0 spiro atoms. The first-order chi connectivity index (χ1) is 21.4. The third-order valence-electron chi connectivity index (χ3n) is 8.95. The number of hydrogen-bond acceptors (Lipinski definition) is 7. The van der Waals surface area contributed by atoms with Crippen LogP contribution in [-0.4, -0.2) is 58.2 Å². The maximum atomic E-state index is 13.4. The molecule has 2 fully saturated rings. The van der Waals surface area contributed by atoms with E-state index in [1.165, 1.54) is 6.42 Å². The van der Waals surface area contributed by atoms with Gasteiger partial charge in [0.1, 0.15) is 19.0 Å². The monoisotopic (exact) mass is 599 g/mol. The highest BCUT2D eigenvalue weighted by molar-refractivity contribution is 5.82. The second-order valence-corrected chi connectivity index (χ2v) is 11.9. The highest BCUT2D eigenvalue weighted by Crippen LogP contribution is 2.38. The Morgan fingerprint density at radius 2 is 1.80 bits per heavy atom. The van der Waals surface area contributed by atoms with Gasteiger partial charge in [-0.1, -0.05) is 49.6 Å². The lowest BCUT2D eigenvalue weighted by Crippen LogP contribution is -2.47. The molecule has 2 heterocycles. The number of ether oxygens (including phenoxy) is 2. The van der Waals surface area contributed by atoms with Crippen LogP contribution in [0.1, 0.15) is 75.2 Å². The number of carbonyl (C=O) groups excluding carboxylic acids is 3. The molecule has 3 aromatic rings. The van der Waals surface area contributed by atoms with Crippen molar-refractivity contribution in [2.24, 2.45) is 5.41 Å². The molecule has 0 atom stereocenters. The Bertz CT molecular complexity index is 1500. The average molecular weight is 600 g/mol. The summed E-state index contributed by atoms with van der Waals surface area (Å²) in [6, 6.07) is 17.2. The topological polar surface area (TPSA) is 127 Å². The molecule has 5 rings (SSSR count). The molecule has 2 aromatic carbocycles. The largest absolute Gasteiger partial charge is 0.466 e. The van der Waals surface area contributed by atoms with Gasteiger partial charge >= 0.3 is 12.1 Å². The van der Waals surface area contributed by atoms with E-state index in [-0.39, 0.29) is 37.7 Å². The number of likely N-dealkylation sites (tertiary alicyclic amines) is 1. The number of nitrogens with zero attached hydrogens (tertiary/aromatic N) is 4. The lowest BCUT2D eigenvalue weighted by Gasteiger charge is -2.39. The Morgan fingerprint density at radius 1 is 1.05 bits per heavy atom. The van der Waals surface area contributed by atoms with E-state index in [4.69, 9.17) is 14.5 Å². The minimum atomic E-state index is -0.794. The van der Waals surface area contributed by atoms with Crippen molar-refractivity contribution >= 4 is 29.0 Å². The van der Waals surface area contributed by atoms with Crippen LogP contribution in [0.4, 0.5) is 4.79 Å². The standard InChI is InChI=1S/C34H41N5O5/c1-2-43-32(41)34(17-19-38(20-18-34)33(42)44-24-25-9-5-3-6-10-25)16-15-30-37-28-21-26(22-35)13-14-29(28)39(30)23-31(40)36-27-11-7-4-8-12-27/h3,5-6,9-10,13-14,21,27H,2,4,7-8,11-12,15-20,23-24H2,1H3,(H,36,40). The molecule has 44 heavy (non-hydrogen) atoms. The predicted molar refractivity (Wildman–Crippen MR) is 164 cm³/mol. The fraction of sp³-hybridized carbons (Fsp3) is 0.500.